The number of aromatic nitrogens is 3. The third kappa shape index (κ3) is 5.96. The third-order valence-electron chi connectivity index (χ3n) is 7.65. The number of ether oxygens (including phenoxy) is 1. The van der Waals surface area contributed by atoms with Gasteiger partial charge in [-0.2, -0.15) is 0 Å². The van der Waals surface area contributed by atoms with Crippen molar-refractivity contribution in [3.8, 4) is 5.75 Å². The Labute approximate surface area is 256 Å². The van der Waals surface area contributed by atoms with E-state index in [1.165, 1.54) is 0 Å². The Morgan fingerprint density at radius 1 is 1.18 bits per heavy atom. The van der Waals surface area contributed by atoms with E-state index in [0.717, 1.165) is 34.5 Å². The molecule has 0 unspecified atom stereocenters. The molecule has 7 nitrogen and oxygen atoms in total. The number of carboxylic acids is 1. The monoisotopic (exact) mass is 552 g/mol. The summed E-state index contributed by atoms with van der Waals surface area (Å²) in [6.45, 7) is 12.3. The van der Waals surface area contributed by atoms with Gasteiger partial charge in [0.1, 0.15) is 16.9 Å². The molecule has 0 aliphatic carbocycles. The van der Waals surface area contributed by atoms with Crippen LogP contribution < -0.4 is 39.4 Å². The van der Waals surface area contributed by atoms with Crippen LogP contribution in [0.15, 0.2) is 54.6 Å². The zero-order valence-corrected chi connectivity index (χ0v) is 26.1. The van der Waals surface area contributed by atoms with Gasteiger partial charge in [-0.15, -0.1) is 5.10 Å². The van der Waals surface area contributed by atoms with E-state index in [-0.39, 0.29) is 40.6 Å². The minimum Gasteiger partial charge on any atom is -0.550 e. The SMILES string of the molecule is CCn1nnc2c(F)c([C@H](c3ccc(C)c(CN4Cc5ccccc5OC(C)(C)C4)c3)[C@@H](C)C(=O)[O-])ccc21.[Na+]. The number of rotatable bonds is 7. The first-order valence-electron chi connectivity index (χ1n) is 13.4. The molecular weight excluding hydrogens is 518 g/mol. The number of aryl methyl sites for hydroxylation is 2. The molecule has 204 valence electrons. The summed E-state index contributed by atoms with van der Waals surface area (Å²) in [5.74, 6) is -2.61. The van der Waals surface area contributed by atoms with Gasteiger partial charge in [0.05, 0.1) is 5.52 Å². The van der Waals surface area contributed by atoms with Crippen LogP contribution in [0.3, 0.4) is 0 Å². The molecule has 40 heavy (non-hydrogen) atoms. The molecular formula is C31H34FN4NaO3. The molecule has 1 aliphatic heterocycles. The van der Waals surface area contributed by atoms with Gasteiger partial charge in [-0.3, -0.25) is 4.90 Å². The van der Waals surface area contributed by atoms with Crippen molar-refractivity contribution >= 4 is 17.0 Å². The van der Waals surface area contributed by atoms with Crippen LogP contribution in [0, 0.1) is 18.7 Å². The second-order valence-electron chi connectivity index (χ2n) is 11.1. The number of fused-ring (bicyclic) bond motifs is 2. The zero-order valence-electron chi connectivity index (χ0n) is 24.1. The van der Waals surface area contributed by atoms with Crippen LogP contribution in [0.1, 0.15) is 61.4 Å². The quantitative estimate of drug-likeness (QED) is 0.324. The third-order valence-corrected chi connectivity index (χ3v) is 7.65. The van der Waals surface area contributed by atoms with E-state index in [0.29, 0.717) is 25.2 Å². The number of benzene rings is 3. The number of carboxylic acid groups (broad SMARTS) is 1. The largest absolute Gasteiger partial charge is 1.00 e. The Morgan fingerprint density at radius 3 is 2.65 bits per heavy atom. The van der Waals surface area contributed by atoms with E-state index in [9.17, 15) is 9.90 Å². The molecule has 0 spiro atoms. The van der Waals surface area contributed by atoms with Gasteiger partial charge in [0.25, 0.3) is 0 Å². The fourth-order valence-electron chi connectivity index (χ4n) is 5.67. The van der Waals surface area contributed by atoms with Crippen LogP contribution in [-0.4, -0.2) is 38.0 Å². The van der Waals surface area contributed by atoms with E-state index in [1.807, 2.05) is 50.2 Å². The average Bonchev–Trinajstić information content (AvgIpc) is 3.26. The molecule has 1 aliphatic rings. The van der Waals surface area contributed by atoms with Crippen LogP contribution in [0.25, 0.3) is 11.0 Å². The Morgan fingerprint density at radius 2 is 1.93 bits per heavy atom. The van der Waals surface area contributed by atoms with Crippen molar-refractivity contribution in [2.45, 2.75) is 65.8 Å². The molecule has 0 fully saturated rings. The second-order valence-corrected chi connectivity index (χ2v) is 11.1. The number of para-hydroxylation sites is 1. The molecule has 9 heteroatoms. The van der Waals surface area contributed by atoms with Crippen molar-refractivity contribution in [3.05, 3.63) is 88.2 Å². The number of carbonyl (C=O) groups is 1. The van der Waals surface area contributed by atoms with E-state index < -0.39 is 29.2 Å². The van der Waals surface area contributed by atoms with Crippen LogP contribution in [0.4, 0.5) is 4.39 Å². The first kappa shape index (κ1) is 30.2. The van der Waals surface area contributed by atoms with Gasteiger partial charge >= 0.3 is 29.6 Å². The van der Waals surface area contributed by atoms with Crippen molar-refractivity contribution < 1.29 is 48.6 Å². The zero-order chi connectivity index (χ0) is 27.9. The Kier molecular flexibility index (Phi) is 9.05. The minimum atomic E-state index is -1.23. The van der Waals surface area contributed by atoms with Crippen LogP contribution in [0.5, 0.6) is 5.75 Å². The van der Waals surface area contributed by atoms with Gasteiger partial charge in [0.2, 0.25) is 0 Å². The molecule has 4 aromatic rings. The number of halogens is 1. The van der Waals surface area contributed by atoms with E-state index in [2.05, 4.69) is 35.1 Å². The van der Waals surface area contributed by atoms with Crippen molar-refractivity contribution in [1.82, 2.24) is 19.9 Å². The number of aliphatic carboxylic acids is 1. The summed E-state index contributed by atoms with van der Waals surface area (Å²) in [4.78, 5) is 14.5. The summed E-state index contributed by atoms with van der Waals surface area (Å²) < 4.78 is 23.8. The molecule has 3 aromatic carbocycles. The van der Waals surface area contributed by atoms with Crippen LogP contribution in [0.2, 0.25) is 0 Å². The topological polar surface area (TPSA) is 83.3 Å². The Balaban J connectivity index is 0.00000370. The predicted molar refractivity (Wildman–Crippen MR) is 146 cm³/mol. The summed E-state index contributed by atoms with van der Waals surface area (Å²) in [5.41, 5.74) is 4.58. The molecule has 0 amide bonds. The van der Waals surface area contributed by atoms with Crippen LogP contribution in [-0.2, 0) is 24.4 Å². The maximum absolute atomic E-state index is 15.9. The predicted octanol–water partition coefficient (Wildman–Crippen LogP) is 1.59. The second kappa shape index (κ2) is 12.0. The first-order chi connectivity index (χ1) is 18.6. The summed E-state index contributed by atoms with van der Waals surface area (Å²) in [7, 11) is 0. The molecule has 0 saturated carbocycles. The van der Waals surface area contributed by atoms with Crippen molar-refractivity contribution in [1.29, 1.82) is 0 Å². The van der Waals surface area contributed by atoms with Crippen molar-refractivity contribution in [3.63, 3.8) is 0 Å². The normalized spacial score (nSPS) is 16.4. The average molecular weight is 553 g/mol. The van der Waals surface area contributed by atoms with Gasteiger partial charge in [-0.1, -0.05) is 54.6 Å². The molecule has 0 saturated heterocycles. The number of hydrogen-bond donors (Lipinski definition) is 0. The van der Waals surface area contributed by atoms with Gasteiger partial charge in [0.15, 0.2) is 5.82 Å². The fourth-order valence-corrected chi connectivity index (χ4v) is 5.67. The van der Waals surface area contributed by atoms with Gasteiger partial charge in [0, 0.05) is 49.5 Å². The number of carbonyl (C=O) groups excluding carboxylic acids is 1. The van der Waals surface area contributed by atoms with Gasteiger partial charge in [-0.25, -0.2) is 9.07 Å². The number of hydrogen-bond acceptors (Lipinski definition) is 6. The molecule has 2 atom stereocenters. The summed E-state index contributed by atoms with van der Waals surface area (Å²) in [6.07, 6.45) is 0. The molecule has 0 bridgehead atoms. The standard InChI is InChI=1S/C31H35FN4O3.Na/c1-6-36-25-14-13-24(28(32)29(25)33-34-36)27(20(3)30(37)38)21-12-11-19(2)23(15-21)17-35-16-22-9-7-8-10-26(22)39-31(4,5)18-35;/h7-15,20,27H,6,16-18H2,1-5H3,(H,37,38);/q;+1/p-1/t20-,27+;/m1./s1. The molecule has 0 radical (unpaired) electrons. The maximum Gasteiger partial charge on any atom is 1.00 e. The summed E-state index contributed by atoms with van der Waals surface area (Å²) >= 11 is 0. The Hall–Kier alpha value is -2.78. The summed E-state index contributed by atoms with van der Waals surface area (Å²) in [5, 5.41) is 20.2. The smallest absolute Gasteiger partial charge is 0.550 e. The van der Waals surface area contributed by atoms with Crippen molar-refractivity contribution in [2.75, 3.05) is 6.54 Å². The Bertz CT molecular complexity index is 1540. The minimum absolute atomic E-state index is 0. The number of nitrogens with zero attached hydrogens (tertiary/aromatic N) is 4. The van der Waals surface area contributed by atoms with Gasteiger partial charge < -0.3 is 14.6 Å². The van der Waals surface area contributed by atoms with Crippen molar-refractivity contribution in [2.24, 2.45) is 5.92 Å². The van der Waals surface area contributed by atoms with E-state index in [4.69, 9.17) is 4.74 Å². The molecule has 5 rings (SSSR count). The summed E-state index contributed by atoms with van der Waals surface area (Å²) in [6, 6.07) is 17.4. The fraction of sp³-hybridized carbons (Fsp3) is 0.387. The van der Waals surface area contributed by atoms with E-state index >= 15 is 4.39 Å². The first-order valence-corrected chi connectivity index (χ1v) is 13.4. The van der Waals surface area contributed by atoms with Crippen LogP contribution >= 0.6 is 0 Å². The van der Waals surface area contributed by atoms with Gasteiger partial charge in [-0.05, 0) is 62.1 Å². The molecule has 1 aromatic heterocycles. The maximum atomic E-state index is 15.9. The molecule has 0 N–H and O–H groups in total. The van der Waals surface area contributed by atoms with E-state index in [1.54, 1.807) is 23.7 Å². The molecule has 2 heterocycles.